The first-order valence-electron chi connectivity index (χ1n) is 5.08. The Morgan fingerprint density at radius 1 is 1.36 bits per heavy atom. The summed E-state index contributed by atoms with van der Waals surface area (Å²) >= 11 is 0. The molecule has 0 aliphatic rings. The molecule has 0 saturated heterocycles. The Kier molecular flexibility index (Phi) is 12.8. The van der Waals surface area contributed by atoms with E-state index in [0.29, 0.717) is 0 Å². The van der Waals surface area contributed by atoms with Crippen LogP contribution in [0.1, 0.15) is 40.3 Å². The van der Waals surface area contributed by atoms with Crippen molar-refractivity contribution in [3.05, 3.63) is 24.0 Å². The molecule has 0 aliphatic carbocycles. The van der Waals surface area contributed by atoms with E-state index in [1.807, 2.05) is 46.8 Å². The molecular formula is C11H22N2O. The molecule has 1 heterocycles. The van der Waals surface area contributed by atoms with Crippen LogP contribution in [0, 0.1) is 0 Å². The van der Waals surface area contributed by atoms with Crippen LogP contribution in [0.4, 0.5) is 0 Å². The third-order valence-electron chi connectivity index (χ3n) is 1.25. The largest absolute Gasteiger partial charge is 0.495 e. The van der Waals surface area contributed by atoms with Crippen molar-refractivity contribution in [1.29, 1.82) is 0 Å². The number of hydrogen-bond donors (Lipinski definition) is 1. The van der Waals surface area contributed by atoms with Gasteiger partial charge in [-0.25, -0.2) is 0 Å². The van der Waals surface area contributed by atoms with Gasteiger partial charge in [0.25, 0.3) is 0 Å². The maximum atomic E-state index is 5.03. The van der Waals surface area contributed by atoms with E-state index < -0.39 is 0 Å². The van der Waals surface area contributed by atoms with Gasteiger partial charge in [0, 0.05) is 6.20 Å². The molecule has 0 unspecified atom stereocenters. The topological polar surface area (TPSA) is 37.9 Å². The Labute approximate surface area is 87.2 Å². The summed E-state index contributed by atoms with van der Waals surface area (Å²) < 4.78 is 5.03. The minimum absolute atomic E-state index is 0.817. The van der Waals surface area contributed by atoms with Crippen molar-refractivity contribution in [3.63, 3.8) is 0 Å². The average molecular weight is 198 g/mol. The first kappa shape index (κ1) is 15.2. The van der Waals surface area contributed by atoms with Crippen LogP contribution in [0.3, 0.4) is 0 Å². The number of aromatic amines is 1. The molecule has 1 aromatic rings. The monoisotopic (exact) mass is 198 g/mol. The van der Waals surface area contributed by atoms with Gasteiger partial charge in [-0.15, -0.1) is 0 Å². The van der Waals surface area contributed by atoms with E-state index in [0.717, 1.165) is 11.5 Å². The highest BCUT2D eigenvalue weighted by Crippen LogP contribution is 2.09. The minimum atomic E-state index is 0.817. The first-order chi connectivity index (χ1) is 6.88. The van der Waals surface area contributed by atoms with Crippen LogP contribution in [0.15, 0.2) is 18.3 Å². The van der Waals surface area contributed by atoms with Crippen LogP contribution in [-0.4, -0.2) is 17.3 Å². The predicted octanol–water partition coefficient (Wildman–Crippen LogP) is 3.47. The van der Waals surface area contributed by atoms with E-state index in [1.54, 1.807) is 13.3 Å². The molecule has 1 rings (SSSR count). The van der Waals surface area contributed by atoms with Crippen molar-refractivity contribution in [2.24, 2.45) is 0 Å². The molecule has 0 radical (unpaired) electrons. The second-order valence-corrected chi connectivity index (χ2v) is 1.83. The number of methoxy groups -OCH3 is 1. The SMILES string of the molecule is C/C=C(\OC)c1ccn[nH]1.CC.CC. The summed E-state index contributed by atoms with van der Waals surface area (Å²) in [7, 11) is 1.64. The van der Waals surface area contributed by atoms with Crippen molar-refractivity contribution in [3.8, 4) is 0 Å². The van der Waals surface area contributed by atoms with Crippen molar-refractivity contribution < 1.29 is 4.74 Å². The Morgan fingerprint density at radius 2 is 1.93 bits per heavy atom. The quantitative estimate of drug-likeness (QED) is 0.739. The molecule has 3 heteroatoms. The van der Waals surface area contributed by atoms with Gasteiger partial charge in [-0.1, -0.05) is 27.7 Å². The fourth-order valence-corrected chi connectivity index (χ4v) is 0.776. The summed E-state index contributed by atoms with van der Waals surface area (Å²) in [4.78, 5) is 0. The molecule has 1 aromatic heterocycles. The van der Waals surface area contributed by atoms with Crippen LogP contribution in [-0.2, 0) is 4.74 Å². The van der Waals surface area contributed by atoms with Crippen LogP contribution in [0.5, 0.6) is 0 Å². The first-order valence-corrected chi connectivity index (χ1v) is 5.08. The summed E-state index contributed by atoms with van der Waals surface area (Å²) in [5.41, 5.74) is 0.907. The Morgan fingerprint density at radius 3 is 2.21 bits per heavy atom. The Bertz CT molecular complexity index is 215. The second kappa shape index (κ2) is 11.8. The highest BCUT2D eigenvalue weighted by atomic mass is 16.5. The van der Waals surface area contributed by atoms with Crippen molar-refractivity contribution in [1.82, 2.24) is 10.2 Å². The van der Waals surface area contributed by atoms with Crippen molar-refractivity contribution in [2.75, 3.05) is 7.11 Å². The molecule has 0 spiro atoms. The fraction of sp³-hybridized carbons (Fsp3) is 0.545. The standard InChI is InChI=1S/C7H10N2O.2C2H6/c1-3-7(10-2)6-4-5-8-9-6;2*1-2/h3-5H,1-2H3,(H,8,9);2*1-2H3/b7-3-;;. The number of ether oxygens (including phenoxy) is 1. The smallest absolute Gasteiger partial charge is 0.139 e. The molecule has 0 bridgehead atoms. The van der Waals surface area contributed by atoms with E-state index in [2.05, 4.69) is 10.2 Å². The average Bonchev–Trinajstić information content (AvgIpc) is 2.79. The van der Waals surface area contributed by atoms with Gasteiger partial charge in [-0.3, -0.25) is 5.10 Å². The van der Waals surface area contributed by atoms with Crippen LogP contribution in [0.25, 0.3) is 5.76 Å². The molecule has 1 N–H and O–H groups in total. The molecule has 0 saturated carbocycles. The summed E-state index contributed by atoms with van der Waals surface area (Å²) in [5.74, 6) is 0.817. The van der Waals surface area contributed by atoms with Gasteiger partial charge in [0.15, 0.2) is 0 Å². The van der Waals surface area contributed by atoms with Crippen LogP contribution >= 0.6 is 0 Å². The maximum absolute atomic E-state index is 5.03. The lowest BCUT2D eigenvalue weighted by Gasteiger charge is -1.99. The number of rotatable bonds is 2. The zero-order valence-corrected chi connectivity index (χ0v) is 10.1. The maximum Gasteiger partial charge on any atom is 0.139 e. The lowest BCUT2D eigenvalue weighted by atomic mass is 10.3. The normalized spacial score (nSPS) is 9.14. The number of nitrogens with zero attached hydrogens (tertiary/aromatic N) is 1. The lowest BCUT2D eigenvalue weighted by molar-refractivity contribution is 0.367. The number of nitrogens with one attached hydrogen (secondary N) is 1. The van der Waals surface area contributed by atoms with Crippen LogP contribution in [0.2, 0.25) is 0 Å². The van der Waals surface area contributed by atoms with Gasteiger partial charge >= 0.3 is 0 Å². The number of H-pyrrole nitrogens is 1. The Balaban J connectivity index is 0. The van der Waals surface area contributed by atoms with Crippen LogP contribution < -0.4 is 0 Å². The molecule has 0 amide bonds. The minimum Gasteiger partial charge on any atom is -0.495 e. The molecular weight excluding hydrogens is 176 g/mol. The molecule has 0 atom stereocenters. The summed E-state index contributed by atoms with van der Waals surface area (Å²) in [6.07, 6.45) is 3.57. The second-order valence-electron chi connectivity index (χ2n) is 1.83. The number of hydrogen-bond acceptors (Lipinski definition) is 2. The van der Waals surface area contributed by atoms with E-state index in [4.69, 9.17) is 4.74 Å². The zero-order valence-electron chi connectivity index (χ0n) is 10.1. The molecule has 0 aliphatic heterocycles. The Hall–Kier alpha value is -1.25. The lowest BCUT2D eigenvalue weighted by Crippen LogP contribution is -1.86. The molecule has 0 aromatic carbocycles. The van der Waals surface area contributed by atoms with E-state index in [-0.39, 0.29) is 0 Å². The number of aromatic nitrogens is 2. The molecule has 0 fully saturated rings. The van der Waals surface area contributed by atoms with Gasteiger partial charge in [0.1, 0.15) is 5.76 Å². The van der Waals surface area contributed by atoms with Crippen molar-refractivity contribution >= 4 is 5.76 Å². The molecule has 82 valence electrons. The third kappa shape index (κ3) is 5.41. The van der Waals surface area contributed by atoms with Gasteiger partial charge < -0.3 is 4.74 Å². The molecule has 3 nitrogen and oxygen atoms in total. The number of allylic oxidation sites excluding steroid dienone is 1. The summed E-state index contributed by atoms with van der Waals surface area (Å²) in [6, 6.07) is 1.86. The highest BCUT2D eigenvalue weighted by Gasteiger charge is 1.98. The summed E-state index contributed by atoms with van der Waals surface area (Å²) in [6.45, 7) is 9.92. The van der Waals surface area contributed by atoms with E-state index in [1.165, 1.54) is 0 Å². The zero-order chi connectivity index (χ0) is 11.4. The fourth-order valence-electron chi connectivity index (χ4n) is 0.776. The van der Waals surface area contributed by atoms with E-state index in [9.17, 15) is 0 Å². The predicted molar refractivity (Wildman–Crippen MR) is 61.9 cm³/mol. The molecule has 14 heavy (non-hydrogen) atoms. The van der Waals surface area contributed by atoms with Gasteiger partial charge in [-0.2, -0.15) is 5.10 Å². The van der Waals surface area contributed by atoms with E-state index >= 15 is 0 Å². The van der Waals surface area contributed by atoms with Gasteiger partial charge in [-0.05, 0) is 19.1 Å². The van der Waals surface area contributed by atoms with Crippen molar-refractivity contribution in [2.45, 2.75) is 34.6 Å². The van der Waals surface area contributed by atoms with Gasteiger partial charge in [0.05, 0.1) is 12.8 Å². The highest BCUT2D eigenvalue weighted by molar-refractivity contribution is 5.54. The summed E-state index contributed by atoms with van der Waals surface area (Å²) in [5, 5.41) is 6.59. The van der Waals surface area contributed by atoms with Gasteiger partial charge in [0.2, 0.25) is 0 Å². The third-order valence-corrected chi connectivity index (χ3v) is 1.25.